The molecule has 23 heavy (non-hydrogen) atoms. The van der Waals surface area contributed by atoms with Crippen LogP contribution in [0.5, 0.6) is 0 Å². The van der Waals surface area contributed by atoms with Gasteiger partial charge in [-0.1, -0.05) is 29.8 Å². The van der Waals surface area contributed by atoms with Crippen molar-refractivity contribution in [1.29, 1.82) is 0 Å². The summed E-state index contributed by atoms with van der Waals surface area (Å²) >= 11 is 6.08. The molecule has 2 aromatic rings. The quantitative estimate of drug-likeness (QED) is 0.745. The van der Waals surface area contributed by atoms with E-state index in [9.17, 15) is 9.90 Å². The predicted octanol–water partition coefficient (Wildman–Crippen LogP) is 1.53. The summed E-state index contributed by atoms with van der Waals surface area (Å²) in [6.45, 7) is 4.01. The van der Waals surface area contributed by atoms with Crippen LogP contribution in [0.3, 0.4) is 0 Å². The molecule has 0 bridgehead atoms. The topological polar surface area (TPSA) is 92.1 Å². The van der Waals surface area contributed by atoms with E-state index >= 15 is 0 Å². The highest BCUT2D eigenvalue weighted by atomic mass is 35.5. The van der Waals surface area contributed by atoms with Crippen LogP contribution in [0.1, 0.15) is 19.4 Å². The van der Waals surface area contributed by atoms with Gasteiger partial charge in [-0.3, -0.25) is 4.68 Å². The fourth-order valence-corrected chi connectivity index (χ4v) is 2.51. The van der Waals surface area contributed by atoms with E-state index < -0.39 is 5.60 Å². The number of benzene rings is 1. The van der Waals surface area contributed by atoms with Gasteiger partial charge >= 0.3 is 6.03 Å². The molecule has 2 rings (SSSR count). The Bertz CT molecular complexity index is 645. The molecule has 8 heteroatoms. The maximum atomic E-state index is 11.9. The Balaban J connectivity index is 1.85. The van der Waals surface area contributed by atoms with Crippen LogP contribution in [-0.4, -0.2) is 38.5 Å². The average Bonchev–Trinajstić information content (AvgIpc) is 2.98. The summed E-state index contributed by atoms with van der Waals surface area (Å²) in [7, 11) is 0. The minimum atomic E-state index is -1.26. The zero-order chi connectivity index (χ0) is 16.9. The van der Waals surface area contributed by atoms with Gasteiger partial charge in [-0.2, -0.15) is 5.10 Å². The Hall–Kier alpha value is -2.12. The normalized spacial score (nSPS) is 14.8. The number of urea groups is 1. The number of amides is 2. The van der Waals surface area contributed by atoms with Gasteiger partial charge in [-0.05, 0) is 19.9 Å². The van der Waals surface area contributed by atoms with Gasteiger partial charge in [0.15, 0.2) is 0 Å². The molecule has 1 heterocycles. The Labute approximate surface area is 139 Å². The van der Waals surface area contributed by atoms with Gasteiger partial charge in [0.25, 0.3) is 0 Å². The lowest BCUT2D eigenvalue weighted by molar-refractivity contribution is 0.0593. The van der Waals surface area contributed by atoms with Crippen molar-refractivity contribution in [2.24, 2.45) is 0 Å². The number of carbonyl (C=O) groups excluding carboxylic acids is 1. The van der Waals surface area contributed by atoms with Crippen LogP contribution in [0.25, 0.3) is 0 Å². The number of aliphatic hydroxyl groups is 1. The summed E-state index contributed by atoms with van der Waals surface area (Å²) in [6, 6.07) is 6.50. The first-order valence-corrected chi connectivity index (χ1v) is 7.60. The van der Waals surface area contributed by atoms with Crippen molar-refractivity contribution in [2.45, 2.75) is 32.0 Å². The van der Waals surface area contributed by atoms with Crippen LogP contribution in [0, 0.1) is 0 Å². The molecule has 0 saturated carbocycles. The zero-order valence-corrected chi connectivity index (χ0v) is 13.8. The smallest absolute Gasteiger partial charge is 0.315 e. The monoisotopic (exact) mass is 337 g/mol. The van der Waals surface area contributed by atoms with E-state index in [2.05, 4.69) is 20.7 Å². The largest absolute Gasteiger partial charge is 0.384 e. The molecule has 0 spiro atoms. The first kappa shape index (κ1) is 17.2. The third-order valence-corrected chi connectivity index (χ3v) is 3.68. The Morgan fingerprint density at radius 1 is 1.48 bits per heavy atom. The molecule has 0 fully saturated rings. The second-order valence-corrected chi connectivity index (χ2v) is 6.01. The molecule has 3 N–H and O–H groups in total. The summed E-state index contributed by atoms with van der Waals surface area (Å²) in [5, 5.41) is 20.4. The number of halogens is 1. The molecular weight excluding hydrogens is 318 g/mol. The molecule has 7 nitrogen and oxygen atoms in total. The van der Waals surface area contributed by atoms with Gasteiger partial charge in [0.05, 0.1) is 13.1 Å². The van der Waals surface area contributed by atoms with E-state index in [1.165, 1.54) is 6.33 Å². The fraction of sp³-hybridized carbons (Fsp3) is 0.400. The SMILES string of the molecule is C[C@H](Cn1cncn1)NC(=O)NC[C@](C)(O)c1ccccc1Cl. The summed E-state index contributed by atoms with van der Waals surface area (Å²) in [5.41, 5.74) is -0.692. The Morgan fingerprint density at radius 3 is 2.87 bits per heavy atom. The second-order valence-electron chi connectivity index (χ2n) is 5.60. The first-order valence-electron chi connectivity index (χ1n) is 7.22. The van der Waals surface area contributed by atoms with Crippen molar-refractivity contribution in [3.05, 3.63) is 47.5 Å². The van der Waals surface area contributed by atoms with Crippen LogP contribution in [0.15, 0.2) is 36.9 Å². The second kappa shape index (κ2) is 7.43. The standard InChI is InChI=1S/C15H20ClN5O2/c1-11(7-21-10-17-9-19-21)20-14(22)18-8-15(2,23)12-5-3-4-6-13(12)16/h3-6,9-11,23H,7-8H2,1-2H3,(H2,18,20,22)/t11-,15+/m1/s1. The van der Waals surface area contributed by atoms with Crippen LogP contribution in [0.4, 0.5) is 4.79 Å². The van der Waals surface area contributed by atoms with Gasteiger partial charge < -0.3 is 15.7 Å². The van der Waals surface area contributed by atoms with Crippen molar-refractivity contribution in [2.75, 3.05) is 6.54 Å². The lowest BCUT2D eigenvalue weighted by Crippen LogP contribution is -2.47. The van der Waals surface area contributed by atoms with Crippen LogP contribution >= 0.6 is 11.6 Å². The molecule has 2 amide bonds. The molecule has 1 aromatic heterocycles. The molecule has 0 aliphatic heterocycles. The summed E-state index contributed by atoms with van der Waals surface area (Å²) < 4.78 is 1.63. The summed E-state index contributed by atoms with van der Waals surface area (Å²) in [5.74, 6) is 0. The number of carbonyl (C=O) groups is 1. The fourth-order valence-electron chi connectivity index (χ4n) is 2.17. The summed E-state index contributed by atoms with van der Waals surface area (Å²) in [6.07, 6.45) is 3.02. The predicted molar refractivity (Wildman–Crippen MR) is 87.0 cm³/mol. The van der Waals surface area contributed by atoms with Gasteiger partial charge in [-0.15, -0.1) is 0 Å². The molecule has 1 aromatic carbocycles. The molecule has 124 valence electrons. The lowest BCUT2D eigenvalue weighted by atomic mass is 9.96. The van der Waals surface area contributed by atoms with Crippen LogP contribution < -0.4 is 10.6 Å². The van der Waals surface area contributed by atoms with Gasteiger partial charge in [-0.25, -0.2) is 9.78 Å². The van der Waals surface area contributed by atoms with Crippen molar-refractivity contribution in [3.8, 4) is 0 Å². The average molecular weight is 338 g/mol. The molecule has 0 unspecified atom stereocenters. The van der Waals surface area contributed by atoms with E-state index in [1.807, 2.05) is 6.92 Å². The Morgan fingerprint density at radius 2 is 2.22 bits per heavy atom. The first-order chi connectivity index (χ1) is 10.9. The third-order valence-electron chi connectivity index (χ3n) is 3.35. The van der Waals surface area contributed by atoms with E-state index in [-0.39, 0.29) is 18.6 Å². The molecule has 2 atom stereocenters. The van der Waals surface area contributed by atoms with Gasteiger partial charge in [0.2, 0.25) is 0 Å². The minimum absolute atomic E-state index is 0.0403. The highest BCUT2D eigenvalue weighted by Gasteiger charge is 2.26. The van der Waals surface area contributed by atoms with E-state index in [4.69, 9.17) is 11.6 Å². The number of hydrogen-bond donors (Lipinski definition) is 3. The van der Waals surface area contributed by atoms with Gasteiger partial charge in [0.1, 0.15) is 18.3 Å². The minimum Gasteiger partial charge on any atom is -0.384 e. The van der Waals surface area contributed by atoms with Crippen molar-refractivity contribution in [3.63, 3.8) is 0 Å². The van der Waals surface area contributed by atoms with Crippen molar-refractivity contribution in [1.82, 2.24) is 25.4 Å². The van der Waals surface area contributed by atoms with Crippen molar-refractivity contribution >= 4 is 17.6 Å². The number of hydrogen-bond acceptors (Lipinski definition) is 4. The molecular formula is C15H20ClN5O2. The van der Waals surface area contributed by atoms with Crippen LogP contribution in [-0.2, 0) is 12.1 Å². The third kappa shape index (κ3) is 4.94. The van der Waals surface area contributed by atoms with E-state index in [0.717, 1.165) is 0 Å². The number of rotatable bonds is 6. The maximum absolute atomic E-state index is 11.9. The molecule has 0 aliphatic carbocycles. The maximum Gasteiger partial charge on any atom is 0.315 e. The molecule has 0 aliphatic rings. The van der Waals surface area contributed by atoms with Crippen molar-refractivity contribution < 1.29 is 9.90 Å². The number of aromatic nitrogens is 3. The zero-order valence-electron chi connectivity index (χ0n) is 13.0. The summed E-state index contributed by atoms with van der Waals surface area (Å²) in [4.78, 5) is 15.8. The van der Waals surface area contributed by atoms with E-state index in [1.54, 1.807) is 42.2 Å². The molecule has 0 radical (unpaired) electrons. The lowest BCUT2D eigenvalue weighted by Gasteiger charge is -2.25. The molecule has 0 saturated heterocycles. The van der Waals surface area contributed by atoms with Crippen LogP contribution in [0.2, 0.25) is 5.02 Å². The highest BCUT2D eigenvalue weighted by Crippen LogP contribution is 2.27. The Kier molecular flexibility index (Phi) is 5.57. The highest BCUT2D eigenvalue weighted by molar-refractivity contribution is 6.31. The van der Waals surface area contributed by atoms with Gasteiger partial charge in [0, 0.05) is 16.6 Å². The van der Waals surface area contributed by atoms with E-state index in [0.29, 0.717) is 17.1 Å². The number of nitrogens with one attached hydrogen (secondary N) is 2. The number of nitrogens with zero attached hydrogens (tertiary/aromatic N) is 3.